The van der Waals surface area contributed by atoms with Gasteiger partial charge < -0.3 is 5.32 Å². The first-order valence-corrected chi connectivity index (χ1v) is 6.63. The van der Waals surface area contributed by atoms with E-state index in [1.165, 1.54) is 18.3 Å². The first-order chi connectivity index (χ1) is 9.34. The van der Waals surface area contributed by atoms with Crippen molar-refractivity contribution >= 4 is 46.4 Å². The molecule has 0 saturated carbocycles. The van der Waals surface area contributed by atoms with E-state index in [-0.39, 0.29) is 5.82 Å². The normalized spacial score (nSPS) is 11.4. The Morgan fingerprint density at radius 1 is 1.30 bits per heavy atom. The summed E-state index contributed by atoms with van der Waals surface area (Å²) >= 11 is 16.3. The molecular formula is C12H9Cl3FN3O. The van der Waals surface area contributed by atoms with Crippen molar-refractivity contribution in [3.05, 3.63) is 48.0 Å². The fourth-order valence-corrected chi connectivity index (χ4v) is 1.64. The average molecular weight is 337 g/mol. The van der Waals surface area contributed by atoms with Crippen LogP contribution in [0.5, 0.6) is 0 Å². The Morgan fingerprint density at radius 3 is 2.55 bits per heavy atom. The molecule has 0 spiro atoms. The molecule has 1 amide bonds. The molecule has 0 aliphatic carbocycles. The van der Waals surface area contributed by atoms with Crippen LogP contribution in [-0.4, -0.2) is 19.5 Å². The number of hydrogen-bond acceptors (Lipinski definition) is 2. The molecular weight excluding hydrogens is 328 g/mol. The predicted octanol–water partition coefficient (Wildman–Crippen LogP) is 3.38. The topological polar surface area (TPSA) is 46.9 Å². The maximum Gasteiger partial charge on any atom is 0.276 e. The van der Waals surface area contributed by atoms with Crippen LogP contribution in [0.3, 0.4) is 0 Å². The largest absolute Gasteiger partial charge is 0.320 e. The summed E-state index contributed by atoms with van der Waals surface area (Å²) in [5, 5.41) is 6.47. The Bertz CT molecular complexity index is 607. The molecule has 8 heteroatoms. The third-order valence-electron chi connectivity index (χ3n) is 2.41. The van der Waals surface area contributed by atoms with E-state index >= 15 is 0 Å². The van der Waals surface area contributed by atoms with E-state index in [1.54, 1.807) is 23.0 Å². The molecule has 0 aliphatic heterocycles. The van der Waals surface area contributed by atoms with E-state index in [0.29, 0.717) is 12.2 Å². The van der Waals surface area contributed by atoms with Gasteiger partial charge in [-0.1, -0.05) is 46.9 Å². The van der Waals surface area contributed by atoms with Crippen LogP contribution in [0.2, 0.25) is 0 Å². The summed E-state index contributed by atoms with van der Waals surface area (Å²) in [6.45, 7) is 0.434. The molecule has 2 rings (SSSR count). The van der Waals surface area contributed by atoms with Gasteiger partial charge in [-0.05, 0) is 17.7 Å². The van der Waals surface area contributed by atoms with Crippen molar-refractivity contribution < 1.29 is 9.18 Å². The average Bonchev–Trinajstić information content (AvgIpc) is 2.78. The van der Waals surface area contributed by atoms with Gasteiger partial charge in [0.2, 0.25) is 0 Å². The Balaban J connectivity index is 2.02. The molecule has 1 heterocycles. The number of nitrogens with one attached hydrogen (secondary N) is 1. The molecule has 2 aromatic rings. The van der Waals surface area contributed by atoms with Crippen molar-refractivity contribution in [2.24, 2.45) is 0 Å². The lowest BCUT2D eigenvalue weighted by molar-refractivity contribution is -0.115. The number of halogens is 4. The zero-order valence-corrected chi connectivity index (χ0v) is 12.3. The lowest BCUT2D eigenvalue weighted by Gasteiger charge is -2.09. The van der Waals surface area contributed by atoms with Crippen molar-refractivity contribution in [1.29, 1.82) is 0 Å². The highest BCUT2D eigenvalue weighted by Gasteiger charge is 2.30. The summed E-state index contributed by atoms with van der Waals surface area (Å²) in [5.74, 6) is -1.06. The Hall–Kier alpha value is -1.30. The van der Waals surface area contributed by atoms with Crippen molar-refractivity contribution in [2.45, 2.75) is 10.3 Å². The van der Waals surface area contributed by atoms with Crippen LogP contribution in [0, 0.1) is 5.82 Å². The van der Waals surface area contributed by atoms with Gasteiger partial charge in [-0.2, -0.15) is 5.10 Å². The van der Waals surface area contributed by atoms with Crippen LogP contribution in [-0.2, 0) is 11.3 Å². The van der Waals surface area contributed by atoms with E-state index in [1.807, 2.05) is 0 Å². The van der Waals surface area contributed by atoms with E-state index < -0.39 is 9.70 Å². The third kappa shape index (κ3) is 4.10. The van der Waals surface area contributed by atoms with Gasteiger partial charge in [0.15, 0.2) is 0 Å². The van der Waals surface area contributed by atoms with Crippen molar-refractivity contribution in [1.82, 2.24) is 9.78 Å². The number of anilines is 1. The summed E-state index contributed by atoms with van der Waals surface area (Å²) in [6.07, 6.45) is 3.01. The molecule has 0 unspecified atom stereocenters. The first-order valence-electron chi connectivity index (χ1n) is 5.49. The van der Waals surface area contributed by atoms with Crippen molar-refractivity contribution in [3.8, 4) is 0 Å². The molecule has 0 radical (unpaired) electrons. The maximum atomic E-state index is 12.8. The number of carbonyl (C=O) groups is 1. The summed E-state index contributed by atoms with van der Waals surface area (Å²) in [4.78, 5) is 11.5. The highest BCUT2D eigenvalue weighted by molar-refractivity contribution is 6.76. The minimum Gasteiger partial charge on any atom is -0.320 e. The Labute approximate surface area is 129 Å². The second kappa shape index (κ2) is 5.99. The first kappa shape index (κ1) is 15.1. The number of hydrogen-bond donors (Lipinski definition) is 1. The summed E-state index contributed by atoms with van der Waals surface area (Å²) in [5.41, 5.74) is 1.28. The summed E-state index contributed by atoms with van der Waals surface area (Å²) < 4.78 is 12.3. The SMILES string of the molecule is O=C(Nc1cnn(Cc2ccc(F)cc2)c1)C(Cl)(Cl)Cl. The zero-order valence-electron chi connectivity index (χ0n) is 9.99. The molecule has 0 aliphatic rings. The van der Waals surface area contributed by atoms with Gasteiger partial charge in [0.05, 0.1) is 18.4 Å². The summed E-state index contributed by atoms with van der Waals surface area (Å²) in [6, 6.07) is 6.03. The van der Waals surface area contributed by atoms with Crippen LogP contribution in [0.4, 0.5) is 10.1 Å². The lowest BCUT2D eigenvalue weighted by atomic mass is 10.2. The number of rotatable bonds is 3. The molecule has 106 valence electrons. The molecule has 0 bridgehead atoms. The van der Waals surface area contributed by atoms with Crippen molar-refractivity contribution in [2.75, 3.05) is 5.32 Å². The van der Waals surface area contributed by atoms with E-state index in [9.17, 15) is 9.18 Å². The predicted molar refractivity (Wildman–Crippen MR) is 76.6 cm³/mol. The summed E-state index contributed by atoms with van der Waals surface area (Å²) in [7, 11) is 0. The Kier molecular flexibility index (Phi) is 4.52. The van der Waals surface area contributed by atoms with Gasteiger partial charge in [-0.25, -0.2) is 4.39 Å². The van der Waals surface area contributed by atoms with E-state index in [4.69, 9.17) is 34.8 Å². The van der Waals surface area contributed by atoms with E-state index in [0.717, 1.165) is 5.56 Å². The monoisotopic (exact) mass is 335 g/mol. The molecule has 0 fully saturated rings. The van der Waals surface area contributed by atoms with E-state index in [2.05, 4.69) is 10.4 Å². The van der Waals surface area contributed by atoms with Gasteiger partial charge >= 0.3 is 0 Å². The maximum absolute atomic E-state index is 12.8. The smallest absolute Gasteiger partial charge is 0.276 e. The molecule has 1 aromatic carbocycles. The van der Waals surface area contributed by atoms with Crippen molar-refractivity contribution in [3.63, 3.8) is 0 Å². The quantitative estimate of drug-likeness (QED) is 0.874. The standard InChI is InChI=1S/C12H9Cl3FN3O/c13-12(14,15)11(20)18-10-5-17-19(7-10)6-8-1-3-9(16)4-2-8/h1-5,7H,6H2,(H,18,20). The van der Waals surface area contributed by atoms with Crippen LogP contribution in [0.15, 0.2) is 36.7 Å². The van der Waals surface area contributed by atoms with Gasteiger partial charge in [0, 0.05) is 6.20 Å². The highest BCUT2D eigenvalue weighted by atomic mass is 35.6. The fourth-order valence-electron chi connectivity index (χ4n) is 1.49. The Morgan fingerprint density at radius 2 is 1.95 bits per heavy atom. The minimum atomic E-state index is -2.03. The fraction of sp³-hybridized carbons (Fsp3) is 0.167. The second-order valence-electron chi connectivity index (χ2n) is 4.00. The van der Waals surface area contributed by atoms with Gasteiger partial charge in [0.25, 0.3) is 9.70 Å². The second-order valence-corrected chi connectivity index (χ2v) is 6.29. The molecule has 0 atom stereocenters. The molecule has 0 saturated heterocycles. The number of benzene rings is 1. The number of carbonyl (C=O) groups excluding carboxylic acids is 1. The number of alkyl halides is 3. The lowest BCUT2D eigenvalue weighted by Crippen LogP contribution is -2.26. The van der Waals surface area contributed by atoms with Gasteiger partial charge in [-0.3, -0.25) is 9.48 Å². The number of amides is 1. The number of aromatic nitrogens is 2. The minimum absolute atomic E-state index is 0.301. The van der Waals surface area contributed by atoms with Gasteiger partial charge in [0.1, 0.15) is 5.82 Å². The van der Waals surface area contributed by atoms with Crippen LogP contribution in [0.25, 0.3) is 0 Å². The zero-order chi connectivity index (χ0) is 14.8. The van der Waals surface area contributed by atoms with Crippen LogP contribution in [0.1, 0.15) is 5.56 Å². The molecule has 1 aromatic heterocycles. The van der Waals surface area contributed by atoms with Crippen LogP contribution >= 0.6 is 34.8 Å². The molecule has 20 heavy (non-hydrogen) atoms. The number of nitrogens with zero attached hydrogens (tertiary/aromatic N) is 2. The van der Waals surface area contributed by atoms with Gasteiger partial charge in [-0.15, -0.1) is 0 Å². The van der Waals surface area contributed by atoms with Crippen LogP contribution < -0.4 is 5.32 Å². The third-order valence-corrected chi connectivity index (χ3v) is 2.92. The molecule has 4 nitrogen and oxygen atoms in total. The molecule has 1 N–H and O–H groups in total. The highest BCUT2D eigenvalue weighted by Crippen LogP contribution is 2.27.